The van der Waals surface area contributed by atoms with E-state index in [0.717, 1.165) is 5.69 Å². The average molecular weight is 350 g/mol. The molecule has 130 valence electrons. The number of hydrogen-bond acceptors (Lipinski definition) is 6. The van der Waals surface area contributed by atoms with Gasteiger partial charge in [-0.1, -0.05) is 0 Å². The summed E-state index contributed by atoms with van der Waals surface area (Å²) in [5.41, 5.74) is 1.39. The molecule has 0 unspecified atom stereocenters. The van der Waals surface area contributed by atoms with Crippen LogP contribution in [0.3, 0.4) is 0 Å². The normalized spacial score (nSPS) is 11.3. The molecule has 1 heterocycles. The Labute approximate surface area is 142 Å². The van der Waals surface area contributed by atoms with Gasteiger partial charge < -0.3 is 9.64 Å². The van der Waals surface area contributed by atoms with Gasteiger partial charge in [-0.05, 0) is 44.2 Å². The van der Waals surface area contributed by atoms with Crippen molar-refractivity contribution in [3.8, 4) is 5.75 Å². The molecule has 2 aromatic rings. The summed E-state index contributed by atoms with van der Waals surface area (Å²) in [6, 6.07) is 8.06. The summed E-state index contributed by atoms with van der Waals surface area (Å²) in [6.45, 7) is 4.35. The van der Waals surface area contributed by atoms with Crippen LogP contribution in [0, 0.1) is 6.92 Å². The van der Waals surface area contributed by atoms with Crippen LogP contribution in [-0.2, 0) is 16.6 Å². The molecule has 1 N–H and O–H groups in total. The largest absolute Gasteiger partial charge is 0.494 e. The lowest BCUT2D eigenvalue weighted by molar-refractivity contribution is 0.340. The van der Waals surface area contributed by atoms with Gasteiger partial charge in [0.05, 0.1) is 23.7 Å². The second-order valence-electron chi connectivity index (χ2n) is 5.42. The van der Waals surface area contributed by atoms with Gasteiger partial charge in [-0.25, -0.2) is 23.1 Å². The van der Waals surface area contributed by atoms with Crippen LogP contribution < -0.4 is 14.4 Å². The molecular formula is C16H22N4O3S. The van der Waals surface area contributed by atoms with Gasteiger partial charge in [0.25, 0.3) is 0 Å². The molecule has 0 amide bonds. The lowest BCUT2D eigenvalue weighted by Gasteiger charge is -2.13. The number of sulfonamides is 1. The zero-order valence-electron chi connectivity index (χ0n) is 14.3. The number of hydrogen-bond donors (Lipinski definition) is 1. The number of aryl methyl sites for hydroxylation is 1. The quantitative estimate of drug-likeness (QED) is 0.819. The fourth-order valence-corrected chi connectivity index (χ4v) is 3.04. The van der Waals surface area contributed by atoms with Crippen LogP contribution in [0.15, 0.2) is 35.2 Å². The molecule has 0 aliphatic rings. The van der Waals surface area contributed by atoms with Crippen molar-refractivity contribution < 1.29 is 13.2 Å². The van der Waals surface area contributed by atoms with Crippen molar-refractivity contribution in [1.29, 1.82) is 0 Å². The first-order chi connectivity index (χ1) is 11.3. The number of rotatable bonds is 7. The lowest BCUT2D eigenvalue weighted by atomic mass is 10.3. The summed E-state index contributed by atoms with van der Waals surface area (Å²) in [7, 11) is 0.0562. The second-order valence-corrected chi connectivity index (χ2v) is 7.19. The molecular weight excluding hydrogens is 328 g/mol. The summed E-state index contributed by atoms with van der Waals surface area (Å²) < 4.78 is 32.6. The Bertz CT molecular complexity index is 789. The van der Waals surface area contributed by atoms with E-state index in [2.05, 4.69) is 14.7 Å². The van der Waals surface area contributed by atoms with Gasteiger partial charge in [-0.15, -0.1) is 0 Å². The third-order valence-corrected chi connectivity index (χ3v) is 4.60. The average Bonchev–Trinajstić information content (AvgIpc) is 2.53. The smallest absolute Gasteiger partial charge is 0.240 e. The maximum Gasteiger partial charge on any atom is 0.240 e. The molecule has 0 bridgehead atoms. The van der Waals surface area contributed by atoms with Gasteiger partial charge in [-0.2, -0.15) is 0 Å². The Morgan fingerprint density at radius 3 is 2.42 bits per heavy atom. The van der Waals surface area contributed by atoms with Crippen LogP contribution in [-0.4, -0.2) is 39.1 Å². The molecule has 0 atom stereocenters. The number of nitrogens with one attached hydrogen (secondary N) is 1. The first-order valence-electron chi connectivity index (χ1n) is 7.56. The van der Waals surface area contributed by atoms with Crippen molar-refractivity contribution in [2.75, 3.05) is 25.6 Å². The Kier molecular flexibility index (Phi) is 5.74. The molecule has 0 saturated heterocycles. The van der Waals surface area contributed by atoms with E-state index >= 15 is 0 Å². The van der Waals surface area contributed by atoms with E-state index in [1.165, 1.54) is 12.1 Å². The van der Waals surface area contributed by atoms with E-state index in [9.17, 15) is 8.42 Å². The lowest BCUT2D eigenvalue weighted by Crippen LogP contribution is -2.24. The third kappa shape index (κ3) is 4.65. The summed E-state index contributed by atoms with van der Waals surface area (Å²) in [4.78, 5) is 10.6. The minimum Gasteiger partial charge on any atom is -0.494 e. The zero-order chi connectivity index (χ0) is 17.7. The van der Waals surface area contributed by atoms with Gasteiger partial charge in [-0.3, -0.25) is 0 Å². The Balaban J connectivity index is 2.12. The van der Waals surface area contributed by atoms with Crippen LogP contribution in [0.2, 0.25) is 0 Å². The molecule has 1 aromatic heterocycles. The first kappa shape index (κ1) is 18.2. The number of ether oxygens (including phenoxy) is 1. The molecule has 0 radical (unpaired) electrons. The molecule has 0 fully saturated rings. The maximum atomic E-state index is 12.4. The molecule has 0 aliphatic carbocycles. The van der Waals surface area contributed by atoms with E-state index in [0.29, 0.717) is 24.0 Å². The fourth-order valence-electron chi connectivity index (χ4n) is 2.04. The van der Waals surface area contributed by atoms with Gasteiger partial charge >= 0.3 is 0 Å². The van der Waals surface area contributed by atoms with E-state index in [-0.39, 0.29) is 11.4 Å². The highest BCUT2D eigenvalue weighted by molar-refractivity contribution is 7.89. The van der Waals surface area contributed by atoms with Crippen molar-refractivity contribution >= 4 is 16.0 Å². The van der Waals surface area contributed by atoms with Crippen LogP contribution in [0.5, 0.6) is 5.75 Å². The number of aromatic nitrogens is 2. The second kappa shape index (κ2) is 7.59. The van der Waals surface area contributed by atoms with E-state index in [1.807, 2.05) is 27.9 Å². The SMILES string of the molecule is CCOc1ccc(S(=O)(=O)NCc2cc(C)nc(N(C)C)n2)cc1. The summed E-state index contributed by atoms with van der Waals surface area (Å²) >= 11 is 0. The predicted octanol–water partition coefficient (Wildman–Crippen LogP) is 1.73. The molecule has 2 rings (SSSR count). The Morgan fingerprint density at radius 1 is 1.17 bits per heavy atom. The molecule has 24 heavy (non-hydrogen) atoms. The predicted molar refractivity (Wildman–Crippen MR) is 92.7 cm³/mol. The molecule has 0 saturated carbocycles. The van der Waals surface area contributed by atoms with Gasteiger partial charge in [0.2, 0.25) is 16.0 Å². The fraction of sp³-hybridized carbons (Fsp3) is 0.375. The molecule has 0 spiro atoms. The molecule has 0 aliphatic heterocycles. The molecule has 8 heteroatoms. The summed E-state index contributed by atoms with van der Waals surface area (Å²) in [6.07, 6.45) is 0. The van der Waals surface area contributed by atoms with Crippen LogP contribution in [0.1, 0.15) is 18.3 Å². The first-order valence-corrected chi connectivity index (χ1v) is 9.04. The highest BCUT2D eigenvalue weighted by Gasteiger charge is 2.15. The Morgan fingerprint density at radius 2 is 1.83 bits per heavy atom. The minimum atomic E-state index is -3.62. The monoisotopic (exact) mass is 350 g/mol. The van der Waals surface area contributed by atoms with Crippen molar-refractivity contribution in [1.82, 2.24) is 14.7 Å². The van der Waals surface area contributed by atoms with Gasteiger partial charge in [0, 0.05) is 19.8 Å². The number of benzene rings is 1. The van der Waals surface area contributed by atoms with Crippen LogP contribution in [0.25, 0.3) is 0 Å². The highest BCUT2D eigenvalue weighted by atomic mass is 32.2. The van der Waals surface area contributed by atoms with Crippen molar-refractivity contribution in [2.24, 2.45) is 0 Å². The number of nitrogens with zero attached hydrogens (tertiary/aromatic N) is 3. The molecule has 1 aromatic carbocycles. The maximum absolute atomic E-state index is 12.4. The minimum absolute atomic E-state index is 0.0970. The Hall–Kier alpha value is -2.19. The van der Waals surface area contributed by atoms with Crippen LogP contribution in [0.4, 0.5) is 5.95 Å². The van der Waals surface area contributed by atoms with Crippen molar-refractivity contribution in [3.63, 3.8) is 0 Å². The van der Waals surface area contributed by atoms with Crippen LogP contribution >= 0.6 is 0 Å². The standard InChI is InChI=1S/C16H22N4O3S/c1-5-23-14-6-8-15(9-7-14)24(21,22)17-11-13-10-12(2)18-16(19-13)20(3)4/h6-10,17H,5,11H2,1-4H3. The highest BCUT2D eigenvalue weighted by Crippen LogP contribution is 2.16. The molecule has 7 nitrogen and oxygen atoms in total. The zero-order valence-corrected chi connectivity index (χ0v) is 15.1. The summed E-state index contributed by atoms with van der Waals surface area (Å²) in [5, 5.41) is 0. The van der Waals surface area contributed by atoms with Gasteiger partial charge in [0.1, 0.15) is 5.75 Å². The topological polar surface area (TPSA) is 84.4 Å². The van der Waals surface area contributed by atoms with E-state index in [4.69, 9.17) is 4.74 Å². The van der Waals surface area contributed by atoms with Crippen molar-refractivity contribution in [3.05, 3.63) is 41.7 Å². The van der Waals surface area contributed by atoms with Gasteiger partial charge in [0.15, 0.2) is 0 Å². The van der Waals surface area contributed by atoms with Crippen molar-refractivity contribution in [2.45, 2.75) is 25.3 Å². The summed E-state index contributed by atoms with van der Waals surface area (Å²) in [5.74, 6) is 1.18. The third-order valence-electron chi connectivity index (χ3n) is 3.18. The van der Waals surface area contributed by atoms with E-state index in [1.54, 1.807) is 23.1 Å². The number of anilines is 1. The van der Waals surface area contributed by atoms with E-state index < -0.39 is 10.0 Å².